The highest BCUT2D eigenvalue weighted by atomic mass is 32.2. The maximum absolute atomic E-state index is 12.1. The highest BCUT2D eigenvalue weighted by Crippen LogP contribution is 2.29. The molecule has 0 aromatic heterocycles. The molecule has 2 rings (SSSR count). The number of aliphatic imine (C=N–C) groups is 1. The number of hydrogen-bond acceptors (Lipinski definition) is 3. The Morgan fingerprint density at radius 2 is 2.00 bits per heavy atom. The number of rotatable bonds is 1. The summed E-state index contributed by atoms with van der Waals surface area (Å²) in [5, 5.41) is 0. The molecule has 0 atom stereocenters. The molecule has 0 amide bonds. The van der Waals surface area contributed by atoms with Gasteiger partial charge in [0.25, 0.3) is 10.0 Å². The highest BCUT2D eigenvalue weighted by molar-refractivity contribution is 7.90. The second kappa shape index (κ2) is 4.28. The van der Waals surface area contributed by atoms with Crippen LogP contribution in [-0.2, 0) is 10.0 Å². The minimum Gasteiger partial charge on any atom is -0.314 e. The first-order valence-electron chi connectivity index (χ1n) is 5.76. The van der Waals surface area contributed by atoms with Crippen LogP contribution in [0.3, 0.4) is 0 Å². The van der Waals surface area contributed by atoms with E-state index in [1.54, 1.807) is 24.1 Å². The standard InChI is InChI=1S/C12H17N3O2S/c1-8(2)13-12-14-18(16,17)11-7-9(3)5-6-10(11)15(12)4/h5-8H,1-4H3,(H,13,14). The summed E-state index contributed by atoms with van der Waals surface area (Å²) in [6.07, 6.45) is 0. The molecule has 5 nitrogen and oxygen atoms in total. The van der Waals surface area contributed by atoms with E-state index in [0.717, 1.165) is 5.56 Å². The van der Waals surface area contributed by atoms with Crippen LogP contribution in [0.5, 0.6) is 0 Å². The topological polar surface area (TPSA) is 61.8 Å². The predicted molar refractivity (Wildman–Crippen MR) is 72.5 cm³/mol. The fourth-order valence-corrected chi connectivity index (χ4v) is 3.19. The van der Waals surface area contributed by atoms with Gasteiger partial charge in [-0.2, -0.15) is 0 Å². The van der Waals surface area contributed by atoms with Gasteiger partial charge >= 0.3 is 0 Å². The van der Waals surface area contributed by atoms with E-state index in [-0.39, 0.29) is 6.04 Å². The molecule has 1 aromatic rings. The molecule has 0 radical (unpaired) electrons. The number of benzene rings is 1. The maximum atomic E-state index is 12.1. The molecule has 1 aliphatic rings. The lowest BCUT2D eigenvalue weighted by atomic mass is 10.2. The first-order valence-corrected chi connectivity index (χ1v) is 7.24. The Hall–Kier alpha value is -1.56. The Bertz CT molecular complexity index is 606. The van der Waals surface area contributed by atoms with Gasteiger partial charge in [0.15, 0.2) is 0 Å². The van der Waals surface area contributed by atoms with Gasteiger partial charge in [-0.3, -0.25) is 0 Å². The van der Waals surface area contributed by atoms with Crippen molar-refractivity contribution in [3.8, 4) is 0 Å². The number of guanidine groups is 1. The second-order valence-corrected chi connectivity index (χ2v) is 6.33. The summed E-state index contributed by atoms with van der Waals surface area (Å²) in [4.78, 5) is 6.35. The van der Waals surface area contributed by atoms with E-state index in [4.69, 9.17) is 0 Å². The van der Waals surface area contributed by atoms with Gasteiger partial charge in [0.1, 0.15) is 4.90 Å². The van der Waals surface area contributed by atoms with Crippen LogP contribution in [0.2, 0.25) is 0 Å². The molecule has 0 bridgehead atoms. The minimum absolute atomic E-state index is 0.0251. The summed E-state index contributed by atoms with van der Waals surface area (Å²) < 4.78 is 26.8. The van der Waals surface area contributed by atoms with Crippen LogP contribution >= 0.6 is 0 Å². The maximum Gasteiger partial charge on any atom is 0.266 e. The van der Waals surface area contributed by atoms with E-state index in [9.17, 15) is 8.42 Å². The summed E-state index contributed by atoms with van der Waals surface area (Å²) in [5.74, 6) is 0.362. The van der Waals surface area contributed by atoms with Crippen molar-refractivity contribution in [1.82, 2.24) is 4.72 Å². The van der Waals surface area contributed by atoms with Crippen molar-refractivity contribution in [3.05, 3.63) is 23.8 Å². The first kappa shape index (κ1) is 12.9. The van der Waals surface area contributed by atoms with Crippen molar-refractivity contribution >= 4 is 21.7 Å². The van der Waals surface area contributed by atoms with Gasteiger partial charge in [-0.1, -0.05) is 6.07 Å². The zero-order chi connectivity index (χ0) is 13.5. The zero-order valence-corrected chi connectivity index (χ0v) is 11.7. The van der Waals surface area contributed by atoms with Crippen LogP contribution in [0.4, 0.5) is 5.69 Å². The van der Waals surface area contributed by atoms with Gasteiger partial charge in [-0.05, 0) is 38.5 Å². The van der Waals surface area contributed by atoms with Crippen LogP contribution in [0.15, 0.2) is 28.1 Å². The van der Waals surface area contributed by atoms with E-state index < -0.39 is 10.0 Å². The number of anilines is 1. The monoisotopic (exact) mass is 267 g/mol. The first-order chi connectivity index (χ1) is 8.31. The minimum atomic E-state index is -3.51. The molecule has 0 unspecified atom stereocenters. The largest absolute Gasteiger partial charge is 0.314 e. The molecular weight excluding hydrogens is 250 g/mol. The summed E-state index contributed by atoms with van der Waals surface area (Å²) in [6, 6.07) is 5.39. The van der Waals surface area contributed by atoms with Crippen LogP contribution in [0.1, 0.15) is 19.4 Å². The van der Waals surface area contributed by atoms with Crippen molar-refractivity contribution in [1.29, 1.82) is 0 Å². The van der Waals surface area contributed by atoms with Gasteiger partial charge in [0.2, 0.25) is 5.96 Å². The van der Waals surface area contributed by atoms with Crippen LogP contribution < -0.4 is 9.62 Å². The number of hydrogen-bond donors (Lipinski definition) is 1. The average molecular weight is 267 g/mol. The second-order valence-electron chi connectivity index (χ2n) is 4.68. The lowest BCUT2D eigenvalue weighted by Gasteiger charge is -2.30. The van der Waals surface area contributed by atoms with Crippen molar-refractivity contribution in [2.75, 3.05) is 11.9 Å². The quantitative estimate of drug-likeness (QED) is 0.838. The fourth-order valence-electron chi connectivity index (χ4n) is 1.83. The Morgan fingerprint density at radius 1 is 1.33 bits per heavy atom. The summed E-state index contributed by atoms with van der Waals surface area (Å²) >= 11 is 0. The van der Waals surface area contributed by atoms with Gasteiger partial charge < -0.3 is 4.90 Å². The third-order valence-corrected chi connectivity index (χ3v) is 4.05. The number of sulfonamides is 1. The molecule has 1 heterocycles. The van der Waals surface area contributed by atoms with Crippen molar-refractivity contribution in [2.45, 2.75) is 31.7 Å². The highest BCUT2D eigenvalue weighted by Gasteiger charge is 2.30. The third-order valence-electron chi connectivity index (χ3n) is 2.69. The molecule has 0 spiro atoms. The van der Waals surface area contributed by atoms with Crippen LogP contribution in [-0.4, -0.2) is 27.5 Å². The molecule has 0 fully saturated rings. The number of nitrogens with zero attached hydrogens (tertiary/aromatic N) is 2. The molecule has 1 N–H and O–H groups in total. The smallest absolute Gasteiger partial charge is 0.266 e. The van der Waals surface area contributed by atoms with E-state index in [0.29, 0.717) is 16.5 Å². The molecule has 98 valence electrons. The van der Waals surface area contributed by atoms with Crippen LogP contribution in [0, 0.1) is 6.92 Å². The van der Waals surface area contributed by atoms with E-state index in [1.807, 2.05) is 26.8 Å². The van der Waals surface area contributed by atoms with E-state index >= 15 is 0 Å². The molecule has 0 aliphatic carbocycles. The molecule has 18 heavy (non-hydrogen) atoms. The fraction of sp³-hybridized carbons (Fsp3) is 0.417. The normalized spacial score (nSPS) is 19.8. The number of aryl methyl sites for hydroxylation is 1. The summed E-state index contributed by atoms with van der Waals surface area (Å²) in [6.45, 7) is 5.67. The molecule has 6 heteroatoms. The summed E-state index contributed by atoms with van der Waals surface area (Å²) in [7, 11) is -1.71. The van der Waals surface area contributed by atoms with Crippen molar-refractivity contribution in [3.63, 3.8) is 0 Å². The van der Waals surface area contributed by atoms with E-state index in [1.165, 1.54) is 0 Å². The van der Waals surface area contributed by atoms with Crippen molar-refractivity contribution in [2.24, 2.45) is 4.99 Å². The van der Waals surface area contributed by atoms with Gasteiger partial charge in [0, 0.05) is 13.1 Å². The lowest BCUT2D eigenvalue weighted by molar-refractivity contribution is 0.590. The van der Waals surface area contributed by atoms with Gasteiger partial charge in [0.05, 0.1) is 5.69 Å². The Kier molecular flexibility index (Phi) is 3.06. The molecule has 1 aromatic carbocycles. The third kappa shape index (κ3) is 2.20. The molecule has 0 saturated heterocycles. The number of fused-ring (bicyclic) bond motifs is 1. The average Bonchev–Trinajstić information content (AvgIpc) is 2.24. The van der Waals surface area contributed by atoms with Gasteiger partial charge in [-0.25, -0.2) is 18.1 Å². The Morgan fingerprint density at radius 3 is 2.61 bits per heavy atom. The van der Waals surface area contributed by atoms with Crippen molar-refractivity contribution < 1.29 is 8.42 Å². The lowest BCUT2D eigenvalue weighted by Crippen LogP contribution is -2.47. The molecular formula is C12H17N3O2S. The predicted octanol–water partition coefficient (Wildman–Crippen LogP) is 1.49. The Labute approximate surface area is 108 Å². The van der Waals surface area contributed by atoms with Crippen LogP contribution in [0.25, 0.3) is 0 Å². The van der Waals surface area contributed by atoms with E-state index in [2.05, 4.69) is 9.71 Å². The molecule has 0 saturated carbocycles. The molecule has 1 aliphatic heterocycles. The number of nitrogens with one attached hydrogen (secondary N) is 1. The summed E-state index contributed by atoms with van der Waals surface area (Å²) in [5.41, 5.74) is 1.57. The SMILES string of the molecule is Cc1ccc2c(c1)S(=O)(=O)NC(=NC(C)C)N2C. The van der Waals surface area contributed by atoms with Gasteiger partial charge in [-0.15, -0.1) is 0 Å². The zero-order valence-electron chi connectivity index (χ0n) is 10.9. The Balaban J connectivity index is 2.62.